The monoisotopic (exact) mass is 714 g/mol. The number of aromatic nitrogens is 2. The Morgan fingerprint density at radius 2 is 0.964 bits per heavy atom. The summed E-state index contributed by atoms with van der Waals surface area (Å²) in [6.45, 7) is 4.74. The Balaban J connectivity index is 1.14. The average Bonchev–Trinajstić information content (AvgIpc) is 3.75. The van der Waals surface area contributed by atoms with Gasteiger partial charge in [0.2, 0.25) is 0 Å². The summed E-state index contributed by atoms with van der Waals surface area (Å²) in [6, 6.07) is 70.8. The van der Waals surface area contributed by atoms with Crippen molar-refractivity contribution in [1.82, 2.24) is 9.55 Å². The molecule has 264 valence electrons. The van der Waals surface area contributed by atoms with Crippen LogP contribution in [0, 0.1) is 0 Å². The standard InChI is InChI=1S/C54H38N2/c1-54(2)47-22-12-11-19-41(47)42-31-30-39(34-48(42)54)52-44-21-10-9-20-43(44)51(45-32-29-38(33-46(45)52)35-15-5-3-6-16-35)36-25-27-37(28-26-36)53-55-49-23-13-14-24-50(49)56(53)40-17-7-4-8-18-40/h3-34H,1-2H3. The highest BCUT2D eigenvalue weighted by Crippen LogP contribution is 2.51. The van der Waals surface area contributed by atoms with Crippen molar-refractivity contribution >= 4 is 32.6 Å². The van der Waals surface area contributed by atoms with Gasteiger partial charge in [0.15, 0.2) is 0 Å². The van der Waals surface area contributed by atoms with Gasteiger partial charge in [0.25, 0.3) is 0 Å². The van der Waals surface area contributed by atoms with Crippen molar-refractivity contribution in [2.45, 2.75) is 19.3 Å². The van der Waals surface area contributed by atoms with Crippen LogP contribution >= 0.6 is 0 Å². The maximum Gasteiger partial charge on any atom is 0.145 e. The molecular weight excluding hydrogens is 677 g/mol. The lowest BCUT2D eigenvalue weighted by molar-refractivity contribution is 0.660. The lowest BCUT2D eigenvalue weighted by atomic mass is 9.80. The summed E-state index contributed by atoms with van der Waals surface area (Å²) in [5.41, 5.74) is 17.0. The molecule has 0 atom stereocenters. The van der Waals surface area contributed by atoms with Gasteiger partial charge in [0.05, 0.1) is 11.0 Å². The van der Waals surface area contributed by atoms with Crippen molar-refractivity contribution in [2.24, 2.45) is 0 Å². The smallest absolute Gasteiger partial charge is 0.145 e. The van der Waals surface area contributed by atoms with E-state index in [-0.39, 0.29) is 5.41 Å². The fourth-order valence-corrected chi connectivity index (χ4v) is 9.31. The van der Waals surface area contributed by atoms with E-state index in [0.717, 1.165) is 28.1 Å². The van der Waals surface area contributed by atoms with E-state index in [1.807, 2.05) is 0 Å². The fourth-order valence-electron chi connectivity index (χ4n) is 9.31. The summed E-state index contributed by atoms with van der Waals surface area (Å²) in [5.74, 6) is 0.934. The molecule has 0 N–H and O–H groups in total. The normalized spacial score (nSPS) is 13.0. The van der Waals surface area contributed by atoms with Crippen LogP contribution < -0.4 is 0 Å². The molecule has 0 amide bonds. The Bertz CT molecular complexity index is 3130. The van der Waals surface area contributed by atoms with Gasteiger partial charge in [-0.25, -0.2) is 4.98 Å². The Hall–Kier alpha value is -7.03. The molecule has 0 spiro atoms. The van der Waals surface area contributed by atoms with Crippen LogP contribution in [0.5, 0.6) is 0 Å². The van der Waals surface area contributed by atoms with Crippen molar-refractivity contribution < 1.29 is 0 Å². The number of imidazole rings is 1. The van der Waals surface area contributed by atoms with Gasteiger partial charge in [-0.15, -0.1) is 0 Å². The minimum absolute atomic E-state index is 0.0918. The summed E-state index contributed by atoms with van der Waals surface area (Å²) >= 11 is 0. The zero-order chi connectivity index (χ0) is 37.4. The van der Waals surface area contributed by atoms with Gasteiger partial charge in [-0.2, -0.15) is 0 Å². The molecule has 0 fully saturated rings. The van der Waals surface area contributed by atoms with Gasteiger partial charge in [-0.05, 0) is 114 Å². The molecule has 0 bridgehead atoms. The molecule has 0 saturated heterocycles. The SMILES string of the molecule is CC1(C)c2ccccc2-c2ccc(-c3c4ccccc4c(-c4ccc(-c5nc6ccccc6n5-c5ccccc5)cc4)c4ccc(-c5ccccc5)cc34)cc21. The molecule has 10 aromatic rings. The molecular formula is C54H38N2. The summed E-state index contributed by atoms with van der Waals surface area (Å²) in [7, 11) is 0. The highest BCUT2D eigenvalue weighted by atomic mass is 15.1. The van der Waals surface area contributed by atoms with Crippen LogP contribution in [-0.2, 0) is 5.41 Å². The van der Waals surface area contributed by atoms with Crippen molar-refractivity contribution in [3.8, 4) is 61.6 Å². The zero-order valence-electron chi connectivity index (χ0n) is 31.4. The van der Waals surface area contributed by atoms with Gasteiger partial charge in [-0.3, -0.25) is 4.57 Å². The molecule has 2 nitrogen and oxygen atoms in total. The summed E-state index contributed by atoms with van der Waals surface area (Å²) in [5, 5.41) is 4.99. The van der Waals surface area contributed by atoms with Crippen LogP contribution in [0.4, 0.5) is 0 Å². The first-order valence-electron chi connectivity index (χ1n) is 19.5. The summed E-state index contributed by atoms with van der Waals surface area (Å²) in [4.78, 5) is 5.16. The third kappa shape index (κ3) is 4.92. The Kier molecular flexibility index (Phi) is 7.24. The Labute approximate surface area is 327 Å². The molecule has 1 aliphatic carbocycles. The molecule has 11 rings (SSSR count). The number of nitrogens with zero attached hydrogens (tertiary/aromatic N) is 2. The van der Waals surface area contributed by atoms with E-state index < -0.39 is 0 Å². The van der Waals surface area contributed by atoms with Gasteiger partial charge in [0.1, 0.15) is 5.82 Å². The highest BCUT2D eigenvalue weighted by Gasteiger charge is 2.35. The van der Waals surface area contributed by atoms with E-state index >= 15 is 0 Å². The maximum absolute atomic E-state index is 5.16. The lowest BCUT2D eigenvalue weighted by Gasteiger charge is -2.23. The Morgan fingerprint density at radius 1 is 0.393 bits per heavy atom. The van der Waals surface area contributed by atoms with E-state index in [4.69, 9.17) is 4.98 Å². The zero-order valence-corrected chi connectivity index (χ0v) is 31.4. The van der Waals surface area contributed by atoms with Gasteiger partial charge < -0.3 is 0 Å². The van der Waals surface area contributed by atoms with Gasteiger partial charge in [0, 0.05) is 16.7 Å². The topological polar surface area (TPSA) is 17.8 Å². The second-order valence-electron chi connectivity index (χ2n) is 15.5. The first-order chi connectivity index (χ1) is 27.5. The minimum atomic E-state index is -0.0918. The predicted molar refractivity (Wildman–Crippen MR) is 235 cm³/mol. The second kappa shape index (κ2) is 12.5. The summed E-state index contributed by atoms with van der Waals surface area (Å²) < 4.78 is 2.27. The van der Waals surface area contributed by atoms with Crippen molar-refractivity contribution in [3.63, 3.8) is 0 Å². The first-order valence-corrected chi connectivity index (χ1v) is 19.5. The molecule has 9 aromatic carbocycles. The quantitative estimate of drug-likeness (QED) is 0.162. The molecule has 56 heavy (non-hydrogen) atoms. The van der Waals surface area contributed by atoms with Crippen LogP contribution in [-0.4, -0.2) is 9.55 Å². The van der Waals surface area contributed by atoms with Gasteiger partial charge >= 0.3 is 0 Å². The molecule has 1 heterocycles. The van der Waals surface area contributed by atoms with Crippen molar-refractivity contribution in [2.75, 3.05) is 0 Å². The van der Waals surface area contributed by atoms with Crippen LogP contribution in [0.15, 0.2) is 194 Å². The van der Waals surface area contributed by atoms with Crippen LogP contribution in [0.3, 0.4) is 0 Å². The number of para-hydroxylation sites is 3. The number of fused-ring (bicyclic) bond motifs is 6. The van der Waals surface area contributed by atoms with Crippen LogP contribution in [0.25, 0.3) is 94.2 Å². The molecule has 0 aliphatic heterocycles. The number of rotatable bonds is 5. The molecule has 0 unspecified atom stereocenters. The van der Waals surface area contributed by atoms with E-state index in [1.54, 1.807) is 0 Å². The second-order valence-corrected chi connectivity index (χ2v) is 15.5. The van der Waals surface area contributed by atoms with E-state index in [0.29, 0.717) is 0 Å². The molecule has 0 radical (unpaired) electrons. The van der Waals surface area contributed by atoms with Crippen molar-refractivity contribution in [3.05, 3.63) is 205 Å². The Morgan fingerprint density at radius 3 is 1.75 bits per heavy atom. The van der Waals surface area contributed by atoms with Crippen molar-refractivity contribution in [1.29, 1.82) is 0 Å². The van der Waals surface area contributed by atoms with E-state index in [1.165, 1.54) is 77.2 Å². The van der Waals surface area contributed by atoms with E-state index in [2.05, 4.69) is 213 Å². The molecule has 2 heteroatoms. The minimum Gasteiger partial charge on any atom is -0.292 e. The number of hydrogen-bond acceptors (Lipinski definition) is 1. The first kappa shape index (κ1) is 32.4. The fraction of sp³-hybridized carbons (Fsp3) is 0.0556. The van der Waals surface area contributed by atoms with Crippen LogP contribution in [0.1, 0.15) is 25.0 Å². The molecule has 0 saturated carbocycles. The van der Waals surface area contributed by atoms with Crippen LogP contribution in [0.2, 0.25) is 0 Å². The summed E-state index contributed by atoms with van der Waals surface area (Å²) in [6.07, 6.45) is 0. The average molecular weight is 715 g/mol. The number of benzene rings is 9. The lowest BCUT2D eigenvalue weighted by Crippen LogP contribution is -2.14. The number of hydrogen-bond donors (Lipinski definition) is 0. The highest BCUT2D eigenvalue weighted by molar-refractivity contribution is 6.22. The molecule has 1 aliphatic rings. The maximum atomic E-state index is 5.16. The predicted octanol–water partition coefficient (Wildman–Crippen LogP) is 14.3. The third-order valence-electron chi connectivity index (χ3n) is 12.0. The molecule has 1 aromatic heterocycles. The largest absolute Gasteiger partial charge is 0.292 e. The van der Waals surface area contributed by atoms with Gasteiger partial charge in [-0.1, -0.05) is 172 Å². The van der Waals surface area contributed by atoms with E-state index in [9.17, 15) is 0 Å². The third-order valence-corrected chi connectivity index (χ3v) is 12.0.